The summed E-state index contributed by atoms with van der Waals surface area (Å²) < 4.78 is 5.58. The third-order valence-corrected chi connectivity index (χ3v) is 3.14. The van der Waals surface area contributed by atoms with Crippen molar-refractivity contribution in [3.8, 4) is 5.75 Å². The minimum Gasteiger partial charge on any atom is -0.490 e. The first-order valence-corrected chi connectivity index (χ1v) is 7.02. The average molecular weight is 298 g/mol. The molecular weight excluding hydrogens is 276 g/mol. The molecule has 20 heavy (non-hydrogen) atoms. The molecule has 0 aliphatic heterocycles. The van der Waals surface area contributed by atoms with Crippen LogP contribution >= 0.6 is 12.2 Å². The number of nitrogens with zero attached hydrogens (tertiary/aromatic N) is 1. The van der Waals surface area contributed by atoms with E-state index in [-0.39, 0.29) is 18.2 Å². The van der Waals surface area contributed by atoms with Crippen LogP contribution in [0.5, 0.6) is 5.75 Å². The Morgan fingerprint density at radius 1 is 1.45 bits per heavy atom. The van der Waals surface area contributed by atoms with Gasteiger partial charge in [-0.2, -0.15) is 0 Å². The van der Waals surface area contributed by atoms with Gasteiger partial charge in [-0.05, 0) is 18.7 Å². The summed E-state index contributed by atoms with van der Waals surface area (Å²) in [6, 6.07) is 7.21. The number of likely N-dealkylation sites (N-methyl/N-ethyl adjacent to an activating group) is 1. The molecule has 0 aromatic heterocycles. The molecule has 0 bridgehead atoms. The van der Waals surface area contributed by atoms with Crippen LogP contribution in [0.3, 0.4) is 0 Å². The minimum absolute atomic E-state index is 0.0751. The lowest BCUT2D eigenvalue weighted by molar-refractivity contribution is 0.0638. The zero-order valence-corrected chi connectivity index (χ0v) is 12.5. The number of para-hydroxylation sites is 1. The summed E-state index contributed by atoms with van der Waals surface area (Å²) in [5.41, 5.74) is 6.28. The van der Waals surface area contributed by atoms with Crippen LogP contribution in [0.15, 0.2) is 24.3 Å². The first kappa shape index (κ1) is 16.8. The highest BCUT2D eigenvalue weighted by Crippen LogP contribution is 2.17. The molecule has 4 N–H and O–H groups in total. The second-order valence-electron chi connectivity index (χ2n) is 4.44. The van der Waals surface area contributed by atoms with E-state index in [1.807, 2.05) is 24.0 Å². The quantitative estimate of drug-likeness (QED) is 0.572. The zero-order valence-electron chi connectivity index (χ0n) is 11.7. The molecule has 0 saturated heterocycles. The number of rotatable bonds is 9. The molecule has 1 unspecified atom stereocenters. The van der Waals surface area contributed by atoms with Gasteiger partial charge in [0.05, 0.1) is 12.2 Å². The molecule has 1 atom stereocenters. The van der Waals surface area contributed by atoms with Crippen molar-refractivity contribution in [3.05, 3.63) is 29.8 Å². The minimum atomic E-state index is -0.638. The van der Waals surface area contributed by atoms with E-state index in [4.69, 9.17) is 27.8 Å². The van der Waals surface area contributed by atoms with Crippen molar-refractivity contribution >= 4 is 17.2 Å². The van der Waals surface area contributed by atoms with Gasteiger partial charge in [0.2, 0.25) is 0 Å². The highest BCUT2D eigenvalue weighted by Gasteiger charge is 2.12. The van der Waals surface area contributed by atoms with Gasteiger partial charge in [-0.1, -0.05) is 31.3 Å². The molecular formula is C14H22N2O3S. The Hall–Kier alpha value is -1.21. The van der Waals surface area contributed by atoms with Crippen molar-refractivity contribution in [1.29, 1.82) is 0 Å². The fraction of sp³-hybridized carbons (Fsp3) is 0.500. The van der Waals surface area contributed by atoms with Crippen molar-refractivity contribution < 1.29 is 14.9 Å². The van der Waals surface area contributed by atoms with E-state index in [1.54, 1.807) is 12.1 Å². The molecule has 0 fully saturated rings. The molecule has 5 nitrogen and oxygen atoms in total. The first-order valence-electron chi connectivity index (χ1n) is 6.61. The highest BCUT2D eigenvalue weighted by molar-refractivity contribution is 7.80. The summed E-state index contributed by atoms with van der Waals surface area (Å²) in [6.45, 7) is 3.96. The van der Waals surface area contributed by atoms with Crippen LogP contribution in [0.4, 0.5) is 0 Å². The van der Waals surface area contributed by atoms with Crippen molar-refractivity contribution in [1.82, 2.24) is 4.90 Å². The molecule has 1 aromatic rings. The van der Waals surface area contributed by atoms with E-state index in [1.165, 1.54) is 0 Å². The highest BCUT2D eigenvalue weighted by atomic mass is 32.1. The molecule has 1 rings (SSSR count). The van der Waals surface area contributed by atoms with Crippen molar-refractivity contribution in [3.63, 3.8) is 0 Å². The van der Waals surface area contributed by atoms with Gasteiger partial charge >= 0.3 is 0 Å². The number of thiocarbonyl (C=S) groups is 1. The summed E-state index contributed by atoms with van der Waals surface area (Å²) in [5, 5.41) is 18.9. The van der Waals surface area contributed by atoms with E-state index in [0.717, 1.165) is 6.54 Å². The maximum absolute atomic E-state index is 9.96. The van der Waals surface area contributed by atoms with Gasteiger partial charge in [-0.3, -0.25) is 4.90 Å². The number of aliphatic hydroxyl groups excluding tert-OH is 2. The topological polar surface area (TPSA) is 79.0 Å². The summed E-state index contributed by atoms with van der Waals surface area (Å²) >= 11 is 4.95. The lowest BCUT2D eigenvalue weighted by atomic mass is 10.2. The monoisotopic (exact) mass is 298 g/mol. The van der Waals surface area contributed by atoms with E-state index >= 15 is 0 Å². The third kappa shape index (κ3) is 5.42. The first-order chi connectivity index (χ1) is 9.58. The van der Waals surface area contributed by atoms with E-state index in [2.05, 4.69) is 0 Å². The molecule has 0 aliphatic rings. The molecule has 0 aliphatic carbocycles. The van der Waals surface area contributed by atoms with Crippen LogP contribution in [-0.4, -0.2) is 59.1 Å². The SMILES string of the molecule is CCN(CCO)CC(O)COc1ccccc1C(N)=S. The fourth-order valence-corrected chi connectivity index (χ4v) is 2.02. The number of hydrogen-bond acceptors (Lipinski definition) is 5. The molecule has 0 amide bonds. The zero-order chi connectivity index (χ0) is 15.0. The maximum Gasteiger partial charge on any atom is 0.129 e. The Balaban J connectivity index is 2.52. The Morgan fingerprint density at radius 2 is 2.15 bits per heavy atom. The number of nitrogens with two attached hydrogens (primary N) is 1. The molecule has 0 heterocycles. The lowest BCUT2D eigenvalue weighted by Crippen LogP contribution is -2.37. The maximum atomic E-state index is 9.96. The van der Waals surface area contributed by atoms with Crippen molar-refractivity contribution in [2.45, 2.75) is 13.0 Å². The largest absolute Gasteiger partial charge is 0.490 e. The van der Waals surface area contributed by atoms with Crippen LogP contribution in [0.25, 0.3) is 0 Å². The van der Waals surface area contributed by atoms with Crippen LogP contribution in [-0.2, 0) is 0 Å². The van der Waals surface area contributed by atoms with Gasteiger partial charge < -0.3 is 20.7 Å². The van der Waals surface area contributed by atoms with Crippen molar-refractivity contribution in [2.24, 2.45) is 5.73 Å². The molecule has 112 valence electrons. The summed E-state index contributed by atoms with van der Waals surface area (Å²) in [5.74, 6) is 0.573. The number of ether oxygens (including phenoxy) is 1. The Kier molecular flexibility index (Phi) is 7.46. The molecule has 0 saturated carbocycles. The number of aliphatic hydroxyl groups is 2. The van der Waals surface area contributed by atoms with Gasteiger partial charge in [-0.25, -0.2) is 0 Å². The van der Waals surface area contributed by atoms with Gasteiger partial charge in [0, 0.05) is 13.1 Å². The standard InChI is InChI=1S/C14H22N2O3S/c1-2-16(7-8-17)9-11(18)10-19-13-6-4-3-5-12(13)14(15)20/h3-6,11,17-18H,2,7-10H2,1H3,(H2,15,20). The normalized spacial score (nSPS) is 12.4. The van der Waals surface area contributed by atoms with Crippen LogP contribution < -0.4 is 10.5 Å². The fourth-order valence-electron chi connectivity index (χ4n) is 1.85. The molecule has 6 heteroatoms. The van der Waals surface area contributed by atoms with Crippen LogP contribution in [0.2, 0.25) is 0 Å². The van der Waals surface area contributed by atoms with Crippen molar-refractivity contribution in [2.75, 3.05) is 32.8 Å². The van der Waals surface area contributed by atoms with E-state index in [9.17, 15) is 5.11 Å². The lowest BCUT2D eigenvalue weighted by Gasteiger charge is -2.23. The summed E-state index contributed by atoms with van der Waals surface area (Å²) in [7, 11) is 0. The summed E-state index contributed by atoms with van der Waals surface area (Å²) in [6.07, 6.45) is -0.638. The Bertz CT molecular complexity index is 429. The third-order valence-electron chi connectivity index (χ3n) is 2.92. The predicted octanol–water partition coefficient (Wildman–Crippen LogP) is 0.375. The molecule has 0 spiro atoms. The number of benzene rings is 1. The predicted molar refractivity (Wildman–Crippen MR) is 83.0 cm³/mol. The van der Waals surface area contributed by atoms with E-state index < -0.39 is 6.10 Å². The summed E-state index contributed by atoms with van der Waals surface area (Å²) in [4.78, 5) is 2.22. The number of hydrogen-bond donors (Lipinski definition) is 3. The van der Waals surface area contributed by atoms with Gasteiger partial charge in [0.15, 0.2) is 0 Å². The molecule has 0 radical (unpaired) electrons. The average Bonchev–Trinajstić information content (AvgIpc) is 2.44. The van der Waals surface area contributed by atoms with Gasteiger partial charge in [-0.15, -0.1) is 0 Å². The Morgan fingerprint density at radius 3 is 2.75 bits per heavy atom. The van der Waals surface area contributed by atoms with Crippen LogP contribution in [0, 0.1) is 0 Å². The Labute approximate surface area is 125 Å². The van der Waals surface area contributed by atoms with Crippen LogP contribution in [0.1, 0.15) is 12.5 Å². The van der Waals surface area contributed by atoms with Gasteiger partial charge in [0.25, 0.3) is 0 Å². The van der Waals surface area contributed by atoms with E-state index in [0.29, 0.717) is 24.4 Å². The second-order valence-corrected chi connectivity index (χ2v) is 4.88. The van der Waals surface area contributed by atoms with Gasteiger partial charge in [0.1, 0.15) is 23.4 Å². The second kappa shape index (κ2) is 8.86. The molecule has 1 aromatic carbocycles. The smallest absolute Gasteiger partial charge is 0.129 e.